The zero-order valence-electron chi connectivity index (χ0n) is 18.9. The van der Waals surface area contributed by atoms with Crippen LogP contribution in [0.5, 0.6) is 0 Å². The molecule has 2 atom stereocenters. The average Bonchev–Trinajstić information content (AvgIpc) is 2.70. The molecule has 0 unspecified atom stereocenters. The molecular weight excluding hydrogens is 456 g/mol. The summed E-state index contributed by atoms with van der Waals surface area (Å²) in [6.45, 7) is 11.4. The first kappa shape index (κ1) is 23.4. The first-order valence-corrected chi connectivity index (χ1v) is 11.2. The molecule has 1 aliphatic heterocycles. The van der Waals surface area contributed by atoms with Crippen molar-refractivity contribution < 1.29 is 19.1 Å². The summed E-state index contributed by atoms with van der Waals surface area (Å²) in [5.41, 5.74) is -0.157. The molecular formula is C26H29BrO4. The van der Waals surface area contributed by atoms with Crippen molar-refractivity contribution >= 4 is 33.5 Å². The van der Waals surface area contributed by atoms with Gasteiger partial charge in [0, 0.05) is 16.5 Å². The Morgan fingerprint density at radius 1 is 0.968 bits per heavy atom. The number of halogens is 1. The number of hydrogen-bond acceptors (Lipinski definition) is 4. The molecule has 0 aromatic heterocycles. The average molecular weight is 485 g/mol. The van der Waals surface area contributed by atoms with Crippen LogP contribution in [0.2, 0.25) is 0 Å². The van der Waals surface area contributed by atoms with Crippen molar-refractivity contribution in [2.24, 2.45) is 10.8 Å². The topological polar surface area (TPSA) is 60.4 Å². The summed E-state index contributed by atoms with van der Waals surface area (Å²) in [5.74, 6) is -1.17. The number of rotatable bonds is 4. The third-order valence-corrected chi connectivity index (χ3v) is 6.71. The number of cyclic esters (lactones) is 1. The predicted octanol–water partition coefficient (Wildman–Crippen LogP) is 6.22. The van der Waals surface area contributed by atoms with E-state index in [0.29, 0.717) is 5.56 Å². The van der Waals surface area contributed by atoms with E-state index in [-0.39, 0.29) is 23.4 Å². The van der Waals surface area contributed by atoms with E-state index in [4.69, 9.17) is 4.74 Å². The molecule has 5 heteroatoms. The van der Waals surface area contributed by atoms with Crippen molar-refractivity contribution in [2.75, 3.05) is 0 Å². The van der Waals surface area contributed by atoms with Gasteiger partial charge in [0.05, 0.1) is 5.41 Å². The smallest absolute Gasteiger partial charge is 0.320 e. The minimum Gasteiger partial charge on any atom is -0.456 e. The highest BCUT2D eigenvalue weighted by molar-refractivity contribution is 9.10. The molecule has 2 aromatic rings. The van der Waals surface area contributed by atoms with Crippen molar-refractivity contribution in [3.8, 4) is 0 Å². The van der Waals surface area contributed by atoms with E-state index in [1.54, 1.807) is 26.0 Å². The molecule has 0 radical (unpaired) electrons. The minimum absolute atomic E-state index is 0.0250. The summed E-state index contributed by atoms with van der Waals surface area (Å²) in [6, 6.07) is 14.7. The first-order chi connectivity index (χ1) is 14.3. The molecule has 1 heterocycles. The van der Waals surface area contributed by atoms with Crippen molar-refractivity contribution in [1.82, 2.24) is 0 Å². The lowest BCUT2D eigenvalue weighted by Crippen LogP contribution is -2.54. The number of benzene rings is 2. The Morgan fingerprint density at radius 2 is 1.52 bits per heavy atom. The number of ketones is 2. The number of carbonyl (C=O) groups excluding carboxylic acids is 3. The van der Waals surface area contributed by atoms with Gasteiger partial charge < -0.3 is 4.74 Å². The fraction of sp³-hybridized carbons (Fsp3) is 0.423. The molecule has 1 aliphatic rings. The van der Waals surface area contributed by atoms with Gasteiger partial charge in [-0.2, -0.15) is 0 Å². The number of carbonyl (C=O) groups is 3. The van der Waals surface area contributed by atoms with Crippen LogP contribution >= 0.6 is 15.9 Å². The van der Waals surface area contributed by atoms with Gasteiger partial charge in [0.15, 0.2) is 11.6 Å². The van der Waals surface area contributed by atoms with E-state index in [1.165, 1.54) is 6.92 Å². The molecule has 164 valence electrons. The number of ether oxygens (including phenoxy) is 1. The zero-order valence-corrected chi connectivity index (χ0v) is 20.5. The van der Waals surface area contributed by atoms with Crippen molar-refractivity contribution in [2.45, 2.75) is 59.5 Å². The second kappa shape index (κ2) is 8.01. The van der Waals surface area contributed by atoms with Crippen LogP contribution in [-0.2, 0) is 19.7 Å². The molecule has 0 aliphatic carbocycles. The lowest BCUT2D eigenvalue weighted by atomic mass is 9.64. The number of Topliss-reactive ketones (excluding diaryl/α,β-unsaturated/α-hetero) is 2. The Bertz CT molecular complexity index is 1010. The van der Waals surface area contributed by atoms with Crippen molar-refractivity contribution in [3.63, 3.8) is 0 Å². The van der Waals surface area contributed by atoms with Gasteiger partial charge >= 0.3 is 5.97 Å². The quantitative estimate of drug-likeness (QED) is 0.293. The van der Waals surface area contributed by atoms with E-state index in [2.05, 4.69) is 36.7 Å². The molecule has 0 saturated carbocycles. The number of hydrogen-bond donors (Lipinski definition) is 0. The van der Waals surface area contributed by atoms with Gasteiger partial charge in [-0.25, -0.2) is 0 Å². The summed E-state index contributed by atoms with van der Waals surface area (Å²) in [7, 11) is 0. The van der Waals surface area contributed by atoms with Crippen LogP contribution in [0.3, 0.4) is 0 Å². The lowest BCUT2D eigenvalue weighted by molar-refractivity contribution is -0.187. The van der Waals surface area contributed by atoms with E-state index in [9.17, 15) is 14.4 Å². The van der Waals surface area contributed by atoms with Gasteiger partial charge in [-0.15, -0.1) is 0 Å². The SMILES string of the molecule is CC(C)(C)c1ccc(C(=O)C[C@@]2(C)C(=O)O[C@H](c3ccc(Br)cc3)C(C)(C)C2=O)cc1. The summed E-state index contributed by atoms with van der Waals surface area (Å²) in [6.07, 6.45) is -0.911. The van der Waals surface area contributed by atoms with Crippen LogP contribution in [0, 0.1) is 10.8 Å². The van der Waals surface area contributed by atoms with Crippen molar-refractivity contribution in [3.05, 3.63) is 69.7 Å². The molecule has 1 saturated heterocycles. The number of esters is 1. The Kier molecular flexibility index (Phi) is 6.05. The van der Waals surface area contributed by atoms with Crippen LogP contribution < -0.4 is 0 Å². The van der Waals surface area contributed by atoms with Crippen LogP contribution in [-0.4, -0.2) is 17.5 Å². The zero-order chi connectivity index (χ0) is 23.2. The van der Waals surface area contributed by atoms with Gasteiger partial charge in [0.2, 0.25) is 0 Å². The molecule has 3 rings (SSSR count). The Balaban J connectivity index is 1.86. The molecule has 4 nitrogen and oxygen atoms in total. The monoisotopic (exact) mass is 484 g/mol. The summed E-state index contributed by atoms with van der Waals surface area (Å²) >= 11 is 3.39. The van der Waals surface area contributed by atoms with Crippen LogP contribution in [0.1, 0.15) is 75.6 Å². The summed E-state index contributed by atoms with van der Waals surface area (Å²) < 4.78 is 6.69. The van der Waals surface area contributed by atoms with Gasteiger partial charge in [0.25, 0.3) is 0 Å². The van der Waals surface area contributed by atoms with E-state index < -0.39 is 22.9 Å². The molecule has 2 aromatic carbocycles. The predicted molar refractivity (Wildman–Crippen MR) is 124 cm³/mol. The standard InChI is InChI=1S/C26H29BrO4/c1-24(2,3)18-11-7-16(8-12-18)20(28)15-26(6)22(29)25(4,5)21(31-23(26)30)17-9-13-19(27)14-10-17/h7-14,21H,15H2,1-6H3/t21-,26-/m1/s1. The molecule has 1 fully saturated rings. The minimum atomic E-state index is -1.52. The fourth-order valence-corrected chi connectivity index (χ4v) is 4.43. The summed E-state index contributed by atoms with van der Waals surface area (Å²) in [5, 5.41) is 0. The normalized spacial score (nSPS) is 23.4. The van der Waals surface area contributed by atoms with E-state index in [0.717, 1.165) is 15.6 Å². The Labute approximate surface area is 192 Å². The maximum absolute atomic E-state index is 13.5. The third-order valence-electron chi connectivity index (χ3n) is 6.18. The van der Waals surface area contributed by atoms with Gasteiger partial charge in [-0.1, -0.05) is 73.1 Å². The lowest BCUT2D eigenvalue weighted by Gasteiger charge is -2.44. The Morgan fingerprint density at radius 3 is 2.03 bits per heavy atom. The third kappa shape index (κ3) is 4.38. The van der Waals surface area contributed by atoms with Crippen LogP contribution in [0.25, 0.3) is 0 Å². The largest absolute Gasteiger partial charge is 0.456 e. The van der Waals surface area contributed by atoms with E-state index >= 15 is 0 Å². The molecule has 0 N–H and O–H groups in total. The van der Waals surface area contributed by atoms with E-state index in [1.807, 2.05) is 36.4 Å². The summed E-state index contributed by atoms with van der Waals surface area (Å²) in [4.78, 5) is 39.5. The molecule has 0 spiro atoms. The maximum atomic E-state index is 13.5. The Hall–Kier alpha value is -2.27. The first-order valence-electron chi connectivity index (χ1n) is 10.4. The van der Waals surface area contributed by atoms with Gasteiger partial charge in [-0.3, -0.25) is 14.4 Å². The van der Waals surface area contributed by atoms with Gasteiger partial charge in [-0.05, 0) is 49.4 Å². The van der Waals surface area contributed by atoms with Crippen LogP contribution in [0.15, 0.2) is 53.0 Å². The maximum Gasteiger partial charge on any atom is 0.320 e. The highest BCUT2D eigenvalue weighted by Crippen LogP contribution is 2.49. The van der Waals surface area contributed by atoms with Crippen molar-refractivity contribution in [1.29, 1.82) is 0 Å². The highest BCUT2D eigenvalue weighted by atomic mass is 79.9. The fourth-order valence-electron chi connectivity index (χ4n) is 4.16. The molecule has 31 heavy (non-hydrogen) atoms. The second-order valence-corrected chi connectivity index (χ2v) is 11.1. The molecule has 0 amide bonds. The van der Waals surface area contributed by atoms with Crippen LogP contribution in [0.4, 0.5) is 0 Å². The van der Waals surface area contributed by atoms with Gasteiger partial charge in [0.1, 0.15) is 11.5 Å². The second-order valence-electron chi connectivity index (χ2n) is 10.1. The molecule has 0 bridgehead atoms. The highest BCUT2D eigenvalue weighted by Gasteiger charge is 2.58.